The number of rotatable bonds is 3. The van der Waals surface area contributed by atoms with Crippen molar-refractivity contribution in [1.29, 1.82) is 0 Å². The molecule has 3 aromatic heterocycles. The lowest BCUT2D eigenvalue weighted by Gasteiger charge is -2.19. The minimum atomic E-state index is -0.0570. The van der Waals surface area contributed by atoms with Crippen LogP contribution in [0.25, 0.3) is 33.0 Å². The smallest absolute Gasteiger partial charge is 0.266 e. The van der Waals surface area contributed by atoms with Crippen molar-refractivity contribution in [3.05, 3.63) is 76.8 Å². The number of H-pyrrole nitrogens is 1. The summed E-state index contributed by atoms with van der Waals surface area (Å²) in [4.78, 5) is 36.8. The van der Waals surface area contributed by atoms with E-state index in [1.807, 2.05) is 30.9 Å². The molecule has 0 unspecified atom stereocenters. The average Bonchev–Trinajstić information content (AvgIpc) is 3.37. The number of aromatic amines is 1. The Balaban J connectivity index is 1.30. The molecule has 0 spiro atoms. The summed E-state index contributed by atoms with van der Waals surface area (Å²) in [5.41, 5.74) is 5.75. The van der Waals surface area contributed by atoms with Crippen molar-refractivity contribution in [3.63, 3.8) is 0 Å². The second kappa shape index (κ2) is 8.59. The van der Waals surface area contributed by atoms with E-state index in [0.29, 0.717) is 41.1 Å². The van der Waals surface area contributed by atoms with Crippen molar-refractivity contribution >= 4 is 28.3 Å². The molecule has 1 aliphatic rings. The SMILES string of the molecule is Cc1nc2ccc(-c3ccc4c(c3)CN(C(=O)c3sc(-c5ncccn5)nc3C)CCO4)cc2[nH]1. The highest BCUT2D eigenvalue weighted by molar-refractivity contribution is 7.17. The van der Waals surface area contributed by atoms with Crippen LogP contribution in [0.3, 0.4) is 0 Å². The summed E-state index contributed by atoms with van der Waals surface area (Å²) in [5, 5.41) is 0.643. The third-order valence-electron chi connectivity index (χ3n) is 6.01. The lowest BCUT2D eigenvalue weighted by molar-refractivity contribution is 0.0737. The molecule has 9 heteroatoms. The Bertz CT molecular complexity index is 1560. The van der Waals surface area contributed by atoms with Crippen molar-refractivity contribution in [1.82, 2.24) is 29.8 Å². The number of aryl methyl sites for hydroxylation is 2. The lowest BCUT2D eigenvalue weighted by atomic mass is 10.0. The van der Waals surface area contributed by atoms with Crippen LogP contribution in [0, 0.1) is 13.8 Å². The van der Waals surface area contributed by atoms with Gasteiger partial charge in [0.1, 0.15) is 23.1 Å². The van der Waals surface area contributed by atoms with Crippen LogP contribution in [-0.4, -0.2) is 48.9 Å². The largest absolute Gasteiger partial charge is 0.491 e. The number of nitrogens with zero attached hydrogens (tertiary/aromatic N) is 5. The Hall–Kier alpha value is -4.11. The average molecular weight is 483 g/mol. The van der Waals surface area contributed by atoms with E-state index in [2.05, 4.69) is 49.2 Å². The minimum Gasteiger partial charge on any atom is -0.491 e. The van der Waals surface area contributed by atoms with Crippen molar-refractivity contribution in [2.45, 2.75) is 20.4 Å². The zero-order valence-electron chi connectivity index (χ0n) is 19.3. The topological polar surface area (TPSA) is 96.9 Å². The second-order valence-corrected chi connectivity index (χ2v) is 9.46. The monoisotopic (exact) mass is 482 g/mol. The third-order valence-corrected chi connectivity index (χ3v) is 7.15. The van der Waals surface area contributed by atoms with Crippen molar-refractivity contribution in [2.75, 3.05) is 13.2 Å². The quantitative estimate of drug-likeness (QED) is 0.397. The molecule has 0 saturated heterocycles. The summed E-state index contributed by atoms with van der Waals surface area (Å²) < 4.78 is 5.99. The van der Waals surface area contributed by atoms with Crippen LogP contribution in [0.2, 0.25) is 0 Å². The van der Waals surface area contributed by atoms with Crippen LogP contribution in [0.5, 0.6) is 5.75 Å². The molecule has 0 aliphatic carbocycles. The first-order valence-corrected chi connectivity index (χ1v) is 12.1. The molecule has 5 aromatic rings. The molecular formula is C26H22N6O2S. The van der Waals surface area contributed by atoms with E-state index in [9.17, 15) is 4.79 Å². The first kappa shape index (κ1) is 21.4. The van der Waals surface area contributed by atoms with Gasteiger partial charge in [-0.05, 0) is 55.3 Å². The predicted molar refractivity (Wildman–Crippen MR) is 134 cm³/mol. The zero-order chi connectivity index (χ0) is 23.9. The fourth-order valence-corrected chi connectivity index (χ4v) is 5.29. The number of nitrogens with one attached hydrogen (secondary N) is 1. The summed E-state index contributed by atoms with van der Waals surface area (Å²) in [6.07, 6.45) is 3.35. The predicted octanol–water partition coefficient (Wildman–Crippen LogP) is 4.80. The molecule has 2 aromatic carbocycles. The minimum absolute atomic E-state index is 0.0570. The van der Waals surface area contributed by atoms with Gasteiger partial charge < -0.3 is 14.6 Å². The molecule has 1 aliphatic heterocycles. The van der Waals surface area contributed by atoms with E-state index in [4.69, 9.17) is 4.74 Å². The van der Waals surface area contributed by atoms with Gasteiger partial charge in [0.2, 0.25) is 0 Å². The standard InChI is InChI=1S/C26H22N6O2S/c1-15-23(35-25(29-15)24-27-8-3-9-28-24)26(33)32-10-11-34-22-7-5-17(12-19(22)14-32)18-4-6-20-21(13-18)31-16(2)30-20/h3-9,12-13H,10-11,14H2,1-2H3,(H,30,31). The lowest BCUT2D eigenvalue weighted by Crippen LogP contribution is -2.32. The summed E-state index contributed by atoms with van der Waals surface area (Å²) in [6.45, 7) is 5.19. The number of ether oxygens (including phenoxy) is 1. The molecule has 1 amide bonds. The van der Waals surface area contributed by atoms with Gasteiger partial charge in [-0.1, -0.05) is 12.1 Å². The summed E-state index contributed by atoms with van der Waals surface area (Å²) in [6, 6.07) is 14.1. The highest BCUT2D eigenvalue weighted by Crippen LogP contribution is 2.32. The maximum Gasteiger partial charge on any atom is 0.266 e. The van der Waals surface area contributed by atoms with Crippen molar-refractivity contribution in [2.24, 2.45) is 0 Å². The normalized spacial score (nSPS) is 13.4. The van der Waals surface area contributed by atoms with Gasteiger partial charge in [-0.3, -0.25) is 4.79 Å². The summed E-state index contributed by atoms with van der Waals surface area (Å²) >= 11 is 1.33. The van der Waals surface area contributed by atoms with Crippen LogP contribution in [0.1, 0.15) is 26.8 Å². The maximum atomic E-state index is 13.5. The number of aromatic nitrogens is 5. The van der Waals surface area contributed by atoms with Crippen LogP contribution in [0.4, 0.5) is 0 Å². The Labute approximate surface area is 205 Å². The Morgan fingerprint density at radius 1 is 1.06 bits per heavy atom. The van der Waals surface area contributed by atoms with E-state index >= 15 is 0 Å². The van der Waals surface area contributed by atoms with E-state index in [0.717, 1.165) is 39.3 Å². The highest BCUT2D eigenvalue weighted by atomic mass is 32.1. The maximum absolute atomic E-state index is 13.5. The van der Waals surface area contributed by atoms with Crippen LogP contribution in [-0.2, 0) is 6.54 Å². The van der Waals surface area contributed by atoms with Crippen molar-refractivity contribution < 1.29 is 9.53 Å². The van der Waals surface area contributed by atoms with Gasteiger partial charge >= 0.3 is 0 Å². The molecule has 1 N–H and O–H groups in total. The van der Waals surface area contributed by atoms with Gasteiger partial charge in [0.25, 0.3) is 5.91 Å². The van der Waals surface area contributed by atoms with Crippen LogP contribution < -0.4 is 4.74 Å². The van der Waals surface area contributed by atoms with E-state index in [1.165, 1.54) is 11.3 Å². The number of fused-ring (bicyclic) bond motifs is 2. The molecule has 0 atom stereocenters. The van der Waals surface area contributed by atoms with Gasteiger partial charge in [-0.15, -0.1) is 11.3 Å². The number of carbonyl (C=O) groups is 1. The molecule has 8 nitrogen and oxygen atoms in total. The van der Waals surface area contributed by atoms with E-state index in [1.54, 1.807) is 18.5 Å². The molecule has 0 bridgehead atoms. The summed E-state index contributed by atoms with van der Waals surface area (Å²) in [7, 11) is 0. The summed E-state index contributed by atoms with van der Waals surface area (Å²) in [5.74, 6) is 2.17. The molecule has 0 radical (unpaired) electrons. The van der Waals surface area contributed by atoms with Gasteiger partial charge in [-0.25, -0.2) is 19.9 Å². The molecule has 0 fully saturated rings. The number of thiazole rings is 1. The van der Waals surface area contributed by atoms with E-state index in [-0.39, 0.29) is 5.91 Å². The zero-order valence-corrected chi connectivity index (χ0v) is 20.1. The fraction of sp³-hybridized carbons (Fsp3) is 0.192. The van der Waals surface area contributed by atoms with Crippen molar-refractivity contribution in [3.8, 4) is 27.7 Å². The Morgan fingerprint density at radius 2 is 1.86 bits per heavy atom. The number of hydrogen-bond acceptors (Lipinski definition) is 7. The van der Waals surface area contributed by atoms with Crippen LogP contribution >= 0.6 is 11.3 Å². The number of carbonyl (C=O) groups excluding carboxylic acids is 1. The second-order valence-electron chi connectivity index (χ2n) is 8.46. The molecular weight excluding hydrogens is 460 g/mol. The molecule has 6 rings (SSSR count). The number of hydrogen-bond donors (Lipinski definition) is 1. The first-order valence-electron chi connectivity index (χ1n) is 11.3. The van der Waals surface area contributed by atoms with Gasteiger partial charge in [0.15, 0.2) is 10.8 Å². The molecule has 174 valence electrons. The molecule has 4 heterocycles. The van der Waals surface area contributed by atoms with E-state index < -0.39 is 0 Å². The van der Waals surface area contributed by atoms with Gasteiger partial charge in [0, 0.05) is 24.5 Å². The number of imidazole rings is 1. The third kappa shape index (κ3) is 4.04. The Kier molecular flexibility index (Phi) is 5.26. The van der Waals surface area contributed by atoms with Gasteiger partial charge in [0.05, 0.1) is 23.3 Å². The molecule has 35 heavy (non-hydrogen) atoms. The molecule has 0 saturated carbocycles. The highest BCUT2D eigenvalue weighted by Gasteiger charge is 2.26. The Morgan fingerprint density at radius 3 is 2.71 bits per heavy atom. The fourth-order valence-electron chi connectivity index (χ4n) is 4.31. The first-order chi connectivity index (χ1) is 17.0. The van der Waals surface area contributed by atoms with Crippen LogP contribution in [0.15, 0.2) is 54.9 Å². The van der Waals surface area contributed by atoms with Gasteiger partial charge in [-0.2, -0.15) is 0 Å². The number of benzene rings is 2. The number of amides is 1.